The summed E-state index contributed by atoms with van der Waals surface area (Å²) in [7, 11) is 1.67. The Labute approximate surface area is 99.3 Å². The van der Waals surface area contributed by atoms with Gasteiger partial charge in [-0.05, 0) is 37.3 Å². The molecule has 1 aliphatic carbocycles. The van der Waals surface area contributed by atoms with Crippen LogP contribution in [0, 0.1) is 11.3 Å². The first-order chi connectivity index (χ1) is 7.72. The van der Waals surface area contributed by atoms with Gasteiger partial charge < -0.3 is 4.90 Å². The molecule has 0 unspecified atom stereocenters. The van der Waals surface area contributed by atoms with E-state index >= 15 is 0 Å². The van der Waals surface area contributed by atoms with Gasteiger partial charge in [0.25, 0.3) is 5.91 Å². The summed E-state index contributed by atoms with van der Waals surface area (Å²) in [5.74, 6) is -0.0269. The smallest absolute Gasteiger partial charge is 0.264 e. The number of hydrogen-bond acceptors (Lipinski definition) is 3. The Morgan fingerprint density at radius 1 is 1.56 bits per heavy atom. The van der Waals surface area contributed by atoms with Gasteiger partial charge in [-0.25, -0.2) is 0 Å². The average Bonchev–Trinajstić information content (AvgIpc) is 2.71. The molecule has 0 saturated carbocycles. The second kappa shape index (κ2) is 4.67. The summed E-state index contributed by atoms with van der Waals surface area (Å²) in [4.78, 5) is 15.6. The standard InChI is InChI=1S/C12H14N2OS/c1-14(7-6-13)12(15)11-8-9-4-2-3-5-10(9)16-11/h8H,2-5,7H2,1H3. The maximum atomic E-state index is 11.9. The molecule has 1 amide bonds. The molecule has 0 fully saturated rings. The summed E-state index contributed by atoms with van der Waals surface area (Å²) >= 11 is 1.60. The molecule has 0 N–H and O–H groups in total. The number of thiophene rings is 1. The fraction of sp³-hybridized carbons (Fsp3) is 0.500. The molecule has 3 nitrogen and oxygen atoms in total. The van der Waals surface area contributed by atoms with Crippen LogP contribution in [0.25, 0.3) is 0 Å². The van der Waals surface area contributed by atoms with Gasteiger partial charge in [0, 0.05) is 11.9 Å². The van der Waals surface area contributed by atoms with Crippen molar-refractivity contribution in [2.45, 2.75) is 25.7 Å². The number of amides is 1. The molecule has 0 aromatic carbocycles. The number of aryl methyl sites for hydroxylation is 2. The molecule has 2 rings (SSSR count). The molecule has 1 aromatic heterocycles. The summed E-state index contributed by atoms with van der Waals surface area (Å²) in [6, 6.07) is 4.00. The van der Waals surface area contributed by atoms with Crippen LogP contribution in [0.1, 0.15) is 33.0 Å². The van der Waals surface area contributed by atoms with Crippen molar-refractivity contribution in [1.82, 2.24) is 4.90 Å². The SMILES string of the molecule is CN(CC#N)C(=O)c1cc2c(s1)CCCC2. The zero-order chi connectivity index (χ0) is 11.5. The lowest BCUT2D eigenvalue weighted by Gasteiger charge is -2.10. The molecule has 1 aliphatic rings. The molecule has 0 atom stereocenters. The third-order valence-electron chi connectivity index (χ3n) is 2.86. The van der Waals surface area contributed by atoms with E-state index in [4.69, 9.17) is 5.26 Å². The highest BCUT2D eigenvalue weighted by atomic mass is 32.1. The Balaban J connectivity index is 2.18. The van der Waals surface area contributed by atoms with Crippen molar-refractivity contribution in [1.29, 1.82) is 5.26 Å². The van der Waals surface area contributed by atoms with E-state index in [1.807, 2.05) is 12.1 Å². The highest BCUT2D eigenvalue weighted by Gasteiger charge is 2.19. The Morgan fingerprint density at radius 2 is 2.31 bits per heavy atom. The molecule has 0 radical (unpaired) electrons. The molecule has 1 heterocycles. The number of rotatable bonds is 2. The van der Waals surface area contributed by atoms with E-state index in [0.29, 0.717) is 0 Å². The van der Waals surface area contributed by atoms with Crippen LogP contribution in [0.4, 0.5) is 0 Å². The van der Waals surface area contributed by atoms with Gasteiger partial charge in [-0.3, -0.25) is 4.79 Å². The van der Waals surface area contributed by atoms with E-state index in [9.17, 15) is 4.79 Å². The second-order valence-corrected chi connectivity index (χ2v) is 5.22. The molecule has 0 bridgehead atoms. The van der Waals surface area contributed by atoms with Crippen LogP contribution >= 0.6 is 11.3 Å². The summed E-state index contributed by atoms with van der Waals surface area (Å²) in [6.45, 7) is 0.154. The van der Waals surface area contributed by atoms with E-state index in [1.54, 1.807) is 18.4 Å². The third kappa shape index (κ3) is 2.10. The van der Waals surface area contributed by atoms with Crippen molar-refractivity contribution in [3.8, 4) is 6.07 Å². The monoisotopic (exact) mass is 234 g/mol. The number of carbonyl (C=O) groups excluding carboxylic acids is 1. The minimum atomic E-state index is -0.0269. The average molecular weight is 234 g/mol. The Kier molecular flexibility index (Phi) is 3.25. The Hall–Kier alpha value is -1.34. The number of carbonyl (C=O) groups is 1. The lowest BCUT2D eigenvalue weighted by molar-refractivity contribution is 0.0816. The van der Waals surface area contributed by atoms with E-state index in [0.717, 1.165) is 17.7 Å². The maximum Gasteiger partial charge on any atom is 0.264 e. The van der Waals surface area contributed by atoms with Gasteiger partial charge in [-0.2, -0.15) is 5.26 Å². The predicted octanol–water partition coefficient (Wildman–Crippen LogP) is 2.22. The van der Waals surface area contributed by atoms with Crippen molar-refractivity contribution in [2.75, 3.05) is 13.6 Å². The topological polar surface area (TPSA) is 44.1 Å². The van der Waals surface area contributed by atoms with E-state index in [1.165, 1.54) is 28.2 Å². The van der Waals surface area contributed by atoms with Gasteiger partial charge in [0.2, 0.25) is 0 Å². The molecule has 16 heavy (non-hydrogen) atoms. The van der Waals surface area contributed by atoms with Crippen molar-refractivity contribution in [2.24, 2.45) is 0 Å². The van der Waals surface area contributed by atoms with Crippen LogP contribution in [-0.4, -0.2) is 24.4 Å². The first kappa shape index (κ1) is 11.2. The van der Waals surface area contributed by atoms with Crippen LogP contribution in [0.15, 0.2) is 6.07 Å². The second-order valence-electron chi connectivity index (χ2n) is 4.09. The van der Waals surface area contributed by atoms with Crippen molar-refractivity contribution in [3.05, 3.63) is 21.4 Å². The zero-order valence-corrected chi connectivity index (χ0v) is 10.1. The van der Waals surface area contributed by atoms with Gasteiger partial charge in [0.05, 0.1) is 10.9 Å². The molecule has 4 heteroatoms. The summed E-state index contributed by atoms with van der Waals surface area (Å²) in [5.41, 5.74) is 1.34. The number of hydrogen-bond donors (Lipinski definition) is 0. The number of nitrogens with zero attached hydrogens (tertiary/aromatic N) is 2. The lowest BCUT2D eigenvalue weighted by atomic mass is 9.99. The molecule has 0 saturated heterocycles. The minimum Gasteiger partial charge on any atom is -0.328 e. The quantitative estimate of drug-likeness (QED) is 0.736. The van der Waals surface area contributed by atoms with Gasteiger partial charge in [0.1, 0.15) is 6.54 Å². The van der Waals surface area contributed by atoms with Crippen LogP contribution in [0.3, 0.4) is 0 Å². The predicted molar refractivity (Wildman–Crippen MR) is 63.5 cm³/mol. The normalized spacial score (nSPS) is 14.0. The highest BCUT2D eigenvalue weighted by molar-refractivity contribution is 7.14. The van der Waals surface area contributed by atoms with Gasteiger partial charge >= 0.3 is 0 Å². The van der Waals surface area contributed by atoms with Gasteiger partial charge in [0.15, 0.2) is 0 Å². The third-order valence-corrected chi connectivity index (χ3v) is 4.09. The van der Waals surface area contributed by atoms with Crippen LogP contribution in [-0.2, 0) is 12.8 Å². The fourth-order valence-corrected chi connectivity index (χ4v) is 3.21. The van der Waals surface area contributed by atoms with Crippen molar-refractivity contribution < 1.29 is 4.79 Å². The van der Waals surface area contributed by atoms with Crippen LogP contribution in [0.2, 0.25) is 0 Å². The Bertz CT molecular complexity index is 421. The summed E-state index contributed by atoms with van der Waals surface area (Å²) < 4.78 is 0. The zero-order valence-electron chi connectivity index (χ0n) is 9.32. The minimum absolute atomic E-state index is 0.0269. The molecule has 0 aliphatic heterocycles. The van der Waals surface area contributed by atoms with Crippen LogP contribution < -0.4 is 0 Å². The van der Waals surface area contributed by atoms with Crippen molar-refractivity contribution >= 4 is 17.2 Å². The maximum absolute atomic E-state index is 11.9. The molecule has 0 spiro atoms. The van der Waals surface area contributed by atoms with E-state index in [-0.39, 0.29) is 12.5 Å². The van der Waals surface area contributed by atoms with Crippen molar-refractivity contribution in [3.63, 3.8) is 0 Å². The lowest BCUT2D eigenvalue weighted by Crippen LogP contribution is -2.26. The van der Waals surface area contributed by atoms with Gasteiger partial charge in [-0.1, -0.05) is 0 Å². The molecule has 1 aromatic rings. The molecular formula is C12H14N2OS. The summed E-state index contributed by atoms with van der Waals surface area (Å²) in [6.07, 6.45) is 4.66. The largest absolute Gasteiger partial charge is 0.328 e. The number of nitriles is 1. The number of fused-ring (bicyclic) bond motifs is 1. The van der Waals surface area contributed by atoms with E-state index in [2.05, 4.69) is 0 Å². The fourth-order valence-electron chi connectivity index (χ4n) is 1.96. The Morgan fingerprint density at radius 3 is 3.00 bits per heavy atom. The van der Waals surface area contributed by atoms with E-state index < -0.39 is 0 Å². The molecule has 84 valence electrons. The van der Waals surface area contributed by atoms with Crippen LogP contribution in [0.5, 0.6) is 0 Å². The molecular weight excluding hydrogens is 220 g/mol. The van der Waals surface area contributed by atoms with Gasteiger partial charge in [-0.15, -0.1) is 11.3 Å². The summed E-state index contributed by atoms with van der Waals surface area (Å²) in [5, 5.41) is 8.55. The first-order valence-electron chi connectivity index (χ1n) is 5.46. The highest BCUT2D eigenvalue weighted by Crippen LogP contribution is 2.30. The first-order valence-corrected chi connectivity index (χ1v) is 6.28.